The third kappa shape index (κ3) is 12.8. The van der Waals surface area contributed by atoms with Gasteiger partial charge >= 0.3 is 5.97 Å². The van der Waals surface area contributed by atoms with Gasteiger partial charge in [-0.1, -0.05) is 78.8 Å². The van der Waals surface area contributed by atoms with Crippen LogP contribution in [0.3, 0.4) is 0 Å². The molecule has 0 bridgehead atoms. The highest BCUT2D eigenvalue weighted by molar-refractivity contribution is 6.74. The quantitative estimate of drug-likeness (QED) is 0.163. The molecule has 234 valence electrons. The molecule has 0 aliphatic rings. The molecule has 0 unspecified atom stereocenters. The average Bonchev–Trinajstić information content (AvgIpc) is 2.87. The smallest absolute Gasteiger partial charge is 0.307 e. The minimum absolute atomic E-state index is 0.0393. The van der Waals surface area contributed by atoms with Gasteiger partial charge in [-0.3, -0.25) is 14.4 Å². The van der Waals surface area contributed by atoms with Gasteiger partial charge in [-0.25, -0.2) is 0 Å². The lowest BCUT2D eigenvalue weighted by atomic mass is 10.2. The molecular formula is C31H56N2O6Si2. The lowest BCUT2D eigenvalue weighted by Crippen LogP contribution is -2.48. The maximum absolute atomic E-state index is 13.5. The molecule has 0 aliphatic carbocycles. The van der Waals surface area contributed by atoms with Gasteiger partial charge in [0.2, 0.25) is 11.8 Å². The second-order valence-electron chi connectivity index (χ2n) is 13.7. The van der Waals surface area contributed by atoms with Crippen LogP contribution in [0.1, 0.15) is 66.9 Å². The second kappa shape index (κ2) is 16.0. The Kier molecular flexibility index (Phi) is 14.4. The molecule has 0 aromatic heterocycles. The van der Waals surface area contributed by atoms with Crippen LogP contribution in [0.5, 0.6) is 0 Å². The predicted octanol–water partition coefficient (Wildman–Crippen LogP) is 6.23. The van der Waals surface area contributed by atoms with Crippen molar-refractivity contribution < 1.29 is 28.0 Å². The third-order valence-corrected chi connectivity index (χ3v) is 17.5. The highest BCUT2D eigenvalue weighted by Crippen LogP contribution is 2.37. The summed E-state index contributed by atoms with van der Waals surface area (Å²) in [5.41, 5.74) is 0.908. The van der Waals surface area contributed by atoms with Crippen LogP contribution in [0.15, 0.2) is 30.3 Å². The Hall–Kier alpha value is -2.02. The fraction of sp³-hybridized carbons (Fsp3) is 0.710. The normalized spacial score (nSPS) is 12.7. The maximum Gasteiger partial charge on any atom is 0.307 e. The summed E-state index contributed by atoms with van der Waals surface area (Å²) in [5, 5.41) is 0.0933. The van der Waals surface area contributed by atoms with Gasteiger partial charge in [0.1, 0.15) is 6.61 Å². The van der Waals surface area contributed by atoms with Gasteiger partial charge < -0.3 is 23.4 Å². The molecule has 41 heavy (non-hydrogen) atoms. The number of nitrogens with zero attached hydrogens (tertiary/aromatic N) is 2. The van der Waals surface area contributed by atoms with Crippen LogP contribution in [-0.4, -0.2) is 83.6 Å². The van der Waals surface area contributed by atoms with Gasteiger partial charge in [-0.05, 0) is 41.8 Å². The van der Waals surface area contributed by atoms with Crippen molar-refractivity contribution in [2.75, 3.05) is 39.4 Å². The van der Waals surface area contributed by atoms with Crippen LogP contribution >= 0.6 is 0 Å². The second-order valence-corrected chi connectivity index (χ2v) is 23.3. The van der Waals surface area contributed by atoms with Crippen molar-refractivity contribution in [1.82, 2.24) is 9.80 Å². The SMILES string of the molecule is CCC(=O)N(CCO[Si](C)(C)C(C)(C)C)CC(=O)N(CCO[Si](C)(C)C(C)(C)C)CCC(=O)OCc1ccccc1. The van der Waals surface area contributed by atoms with Gasteiger partial charge in [-0.15, -0.1) is 0 Å². The van der Waals surface area contributed by atoms with Crippen molar-refractivity contribution >= 4 is 34.4 Å². The van der Waals surface area contributed by atoms with E-state index in [-0.39, 0.29) is 54.0 Å². The molecular weight excluding hydrogens is 553 g/mol. The number of amides is 2. The number of carbonyl (C=O) groups excluding carboxylic acids is 3. The zero-order chi connectivity index (χ0) is 31.5. The van der Waals surface area contributed by atoms with Gasteiger partial charge in [0.25, 0.3) is 0 Å². The van der Waals surface area contributed by atoms with Crippen LogP contribution in [0.2, 0.25) is 36.3 Å². The number of carbonyl (C=O) groups is 3. The van der Waals surface area contributed by atoms with Crippen LogP contribution in [-0.2, 0) is 34.6 Å². The summed E-state index contributed by atoms with van der Waals surface area (Å²) in [7, 11) is -4.00. The zero-order valence-corrected chi connectivity index (χ0v) is 29.6. The lowest BCUT2D eigenvalue weighted by molar-refractivity contribution is -0.147. The van der Waals surface area contributed by atoms with Gasteiger partial charge in [-0.2, -0.15) is 0 Å². The van der Waals surface area contributed by atoms with E-state index in [4.69, 9.17) is 13.6 Å². The number of rotatable bonds is 16. The summed E-state index contributed by atoms with van der Waals surface area (Å²) in [5.74, 6) is -0.688. The maximum atomic E-state index is 13.5. The van der Waals surface area contributed by atoms with Crippen molar-refractivity contribution in [2.45, 2.75) is 104 Å². The van der Waals surface area contributed by atoms with Gasteiger partial charge in [0, 0.05) is 26.1 Å². The minimum atomic E-state index is -2.02. The third-order valence-electron chi connectivity index (χ3n) is 8.42. The summed E-state index contributed by atoms with van der Waals surface area (Å²) in [4.78, 5) is 42.1. The van der Waals surface area contributed by atoms with E-state index in [1.807, 2.05) is 30.3 Å². The molecule has 0 N–H and O–H groups in total. The van der Waals surface area contributed by atoms with E-state index >= 15 is 0 Å². The summed E-state index contributed by atoms with van der Waals surface area (Å²) in [6.45, 7) is 25.3. The molecule has 0 aliphatic heterocycles. The van der Waals surface area contributed by atoms with Crippen molar-refractivity contribution in [3.63, 3.8) is 0 Å². The van der Waals surface area contributed by atoms with Crippen LogP contribution in [0, 0.1) is 0 Å². The Morgan fingerprint density at radius 2 is 1.22 bits per heavy atom. The Labute approximate surface area is 251 Å². The summed E-state index contributed by atoms with van der Waals surface area (Å²) < 4.78 is 18.0. The minimum Gasteiger partial charge on any atom is -0.461 e. The molecule has 0 atom stereocenters. The number of hydrogen-bond acceptors (Lipinski definition) is 6. The van der Waals surface area contributed by atoms with Crippen LogP contribution in [0.25, 0.3) is 0 Å². The Balaban J connectivity index is 2.91. The highest BCUT2D eigenvalue weighted by Gasteiger charge is 2.38. The molecule has 8 nitrogen and oxygen atoms in total. The van der Waals surface area contributed by atoms with E-state index < -0.39 is 16.6 Å². The first-order chi connectivity index (χ1) is 18.8. The van der Waals surface area contributed by atoms with E-state index in [1.54, 1.807) is 16.7 Å². The van der Waals surface area contributed by atoms with Crippen molar-refractivity contribution in [3.8, 4) is 0 Å². The van der Waals surface area contributed by atoms with E-state index in [2.05, 4.69) is 67.7 Å². The monoisotopic (exact) mass is 608 g/mol. The zero-order valence-electron chi connectivity index (χ0n) is 27.6. The topological polar surface area (TPSA) is 85.4 Å². The molecule has 0 spiro atoms. The van der Waals surface area contributed by atoms with Crippen molar-refractivity contribution in [1.29, 1.82) is 0 Å². The van der Waals surface area contributed by atoms with Crippen molar-refractivity contribution in [3.05, 3.63) is 35.9 Å². The van der Waals surface area contributed by atoms with Gasteiger partial charge in [0.15, 0.2) is 16.6 Å². The molecule has 2 amide bonds. The number of esters is 1. The fourth-order valence-corrected chi connectivity index (χ4v) is 5.50. The molecule has 0 saturated carbocycles. The first-order valence-electron chi connectivity index (χ1n) is 14.8. The molecule has 1 rings (SSSR count). The predicted molar refractivity (Wildman–Crippen MR) is 171 cm³/mol. The molecule has 0 saturated heterocycles. The molecule has 0 radical (unpaired) electrons. The molecule has 1 aromatic carbocycles. The molecule has 0 fully saturated rings. The van der Waals surface area contributed by atoms with Crippen molar-refractivity contribution in [2.24, 2.45) is 0 Å². The first-order valence-corrected chi connectivity index (χ1v) is 20.7. The summed E-state index contributed by atoms with van der Waals surface area (Å²) in [6, 6.07) is 9.50. The van der Waals surface area contributed by atoms with Gasteiger partial charge in [0.05, 0.1) is 26.2 Å². The summed E-state index contributed by atoms with van der Waals surface area (Å²) in [6.07, 6.45) is 0.364. The number of hydrogen-bond donors (Lipinski definition) is 0. The summed E-state index contributed by atoms with van der Waals surface area (Å²) >= 11 is 0. The number of benzene rings is 1. The van der Waals surface area contributed by atoms with E-state index in [1.165, 1.54) is 0 Å². The fourth-order valence-electron chi connectivity index (χ4n) is 3.43. The Morgan fingerprint density at radius 3 is 1.68 bits per heavy atom. The van der Waals surface area contributed by atoms with E-state index in [9.17, 15) is 14.4 Å². The van der Waals surface area contributed by atoms with E-state index in [0.717, 1.165) is 5.56 Å². The Bertz CT molecular complexity index is 971. The lowest BCUT2D eigenvalue weighted by Gasteiger charge is -2.37. The Morgan fingerprint density at radius 1 is 0.732 bits per heavy atom. The highest BCUT2D eigenvalue weighted by atomic mass is 28.4. The van der Waals surface area contributed by atoms with E-state index in [0.29, 0.717) is 32.7 Å². The van der Waals surface area contributed by atoms with Crippen LogP contribution in [0.4, 0.5) is 0 Å². The molecule has 0 heterocycles. The van der Waals surface area contributed by atoms with Crippen LogP contribution < -0.4 is 0 Å². The standard InChI is InChI=1S/C31H56N2O6Si2/c1-12-27(34)33(21-23-39-41(10,11)31(5,6)7)24-28(35)32(20-22-38-40(8,9)30(2,3)4)19-18-29(36)37-25-26-16-14-13-15-17-26/h13-17H,12,18-25H2,1-11H3. The first kappa shape index (κ1) is 37.0. The number of ether oxygens (including phenoxy) is 1. The largest absolute Gasteiger partial charge is 0.461 e. The average molecular weight is 609 g/mol. The molecule has 10 heteroatoms. The molecule has 1 aromatic rings.